The molecule has 1 aliphatic rings. The van der Waals surface area contributed by atoms with Crippen LogP contribution in [0.15, 0.2) is 12.1 Å². The molecule has 0 aromatic heterocycles. The van der Waals surface area contributed by atoms with Crippen molar-refractivity contribution in [1.82, 2.24) is 0 Å². The van der Waals surface area contributed by atoms with Crippen molar-refractivity contribution in [2.75, 3.05) is 13.3 Å². The maximum atomic E-state index is 12.2. The van der Waals surface area contributed by atoms with Gasteiger partial charge in [0.15, 0.2) is 17.3 Å². The molecule has 92 valence electrons. The third-order valence-electron chi connectivity index (χ3n) is 3.03. The number of aryl methyl sites for hydroxylation is 1. The van der Waals surface area contributed by atoms with Crippen LogP contribution in [0.5, 0.6) is 11.5 Å². The van der Waals surface area contributed by atoms with Gasteiger partial charge < -0.3 is 15.2 Å². The van der Waals surface area contributed by atoms with Crippen LogP contribution in [0.3, 0.4) is 0 Å². The summed E-state index contributed by atoms with van der Waals surface area (Å²) in [5, 5.41) is 0. The van der Waals surface area contributed by atoms with E-state index in [1.54, 1.807) is 6.07 Å². The van der Waals surface area contributed by atoms with Crippen LogP contribution in [0.1, 0.15) is 29.3 Å². The van der Waals surface area contributed by atoms with Gasteiger partial charge in [0.05, 0.1) is 0 Å². The van der Waals surface area contributed by atoms with Crippen molar-refractivity contribution in [3.63, 3.8) is 0 Å². The fourth-order valence-electron chi connectivity index (χ4n) is 1.96. The molecule has 1 atom stereocenters. The van der Waals surface area contributed by atoms with E-state index in [9.17, 15) is 4.79 Å². The van der Waals surface area contributed by atoms with Crippen molar-refractivity contribution in [3.8, 4) is 11.5 Å². The van der Waals surface area contributed by atoms with Crippen molar-refractivity contribution >= 4 is 5.78 Å². The Balaban J connectivity index is 2.29. The first-order valence-corrected chi connectivity index (χ1v) is 5.78. The predicted octanol–water partition coefficient (Wildman–Crippen LogP) is 1.89. The highest BCUT2D eigenvalue weighted by Crippen LogP contribution is 2.35. The zero-order valence-electron chi connectivity index (χ0n) is 10.2. The average molecular weight is 235 g/mol. The quantitative estimate of drug-likeness (QED) is 0.809. The highest BCUT2D eigenvalue weighted by molar-refractivity contribution is 5.99. The fourth-order valence-corrected chi connectivity index (χ4v) is 1.96. The molecule has 0 fully saturated rings. The molecule has 17 heavy (non-hydrogen) atoms. The van der Waals surface area contributed by atoms with Crippen molar-refractivity contribution in [1.29, 1.82) is 0 Å². The number of fused-ring (bicyclic) bond motifs is 1. The van der Waals surface area contributed by atoms with Gasteiger partial charge in [-0.2, -0.15) is 0 Å². The lowest BCUT2D eigenvalue weighted by Gasteiger charge is -2.11. The summed E-state index contributed by atoms with van der Waals surface area (Å²) in [4.78, 5) is 12.2. The molecule has 2 N–H and O–H groups in total. The molecule has 1 heterocycles. The lowest BCUT2D eigenvalue weighted by atomic mass is 9.93. The van der Waals surface area contributed by atoms with E-state index in [-0.39, 0.29) is 18.5 Å². The summed E-state index contributed by atoms with van der Waals surface area (Å²) >= 11 is 0. The van der Waals surface area contributed by atoms with Crippen LogP contribution in [0.25, 0.3) is 0 Å². The molecule has 4 nitrogen and oxygen atoms in total. The molecule has 1 unspecified atom stereocenters. The summed E-state index contributed by atoms with van der Waals surface area (Å²) in [5.41, 5.74) is 7.10. The maximum absolute atomic E-state index is 12.2. The molecular weight excluding hydrogens is 218 g/mol. The van der Waals surface area contributed by atoms with Crippen molar-refractivity contribution in [2.24, 2.45) is 11.7 Å². The Bertz CT molecular complexity index is 443. The Kier molecular flexibility index (Phi) is 3.33. The lowest BCUT2D eigenvalue weighted by molar-refractivity contribution is 0.0924. The van der Waals surface area contributed by atoms with E-state index in [1.165, 1.54) is 0 Å². The largest absolute Gasteiger partial charge is 0.454 e. The second kappa shape index (κ2) is 4.75. The number of benzene rings is 1. The molecule has 0 saturated heterocycles. The first-order valence-electron chi connectivity index (χ1n) is 5.78. The number of hydrogen-bond acceptors (Lipinski definition) is 4. The number of hydrogen-bond donors (Lipinski definition) is 1. The Morgan fingerprint density at radius 1 is 1.41 bits per heavy atom. The van der Waals surface area contributed by atoms with Gasteiger partial charge >= 0.3 is 0 Å². The van der Waals surface area contributed by atoms with Gasteiger partial charge in [-0.05, 0) is 37.6 Å². The molecule has 0 saturated carbocycles. The van der Waals surface area contributed by atoms with Crippen molar-refractivity contribution in [3.05, 3.63) is 23.3 Å². The molecule has 1 aliphatic heterocycles. The van der Waals surface area contributed by atoms with Gasteiger partial charge in [0.25, 0.3) is 0 Å². The monoisotopic (exact) mass is 235 g/mol. The lowest BCUT2D eigenvalue weighted by Crippen LogP contribution is -2.16. The van der Waals surface area contributed by atoms with E-state index < -0.39 is 0 Å². The first kappa shape index (κ1) is 11.9. The minimum absolute atomic E-state index is 0.0564. The van der Waals surface area contributed by atoms with E-state index in [1.807, 2.05) is 19.9 Å². The summed E-state index contributed by atoms with van der Waals surface area (Å²) < 4.78 is 10.6. The van der Waals surface area contributed by atoms with Crippen LogP contribution >= 0.6 is 0 Å². The maximum Gasteiger partial charge on any atom is 0.231 e. The predicted molar refractivity (Wildman–Crippen MR) is 64.5 cm³/mol. The zero-order valence-corrected chi connectivity index (χ0v) is 10.2. The molecule has 0 bridgehead atoms. The van der Waals surface area contributed by atoms with Gasteiger partial charge in [-0.1, -0.05) is 6.92 Å². The summed E-state index contributed by atoms with van der Waals surface area (Å²) in [6, 6.07) is 3.62. The number of carbonyl (C=O) groups excluding carboxylic acids is 1. The van der Waals surface area contributed by atoms with Gasteiger partial charge in [0.1, 0.15) is 0 Å². The highest BCUT2D eigenvalue weighted by atomic mass is 16.7. The molecule has 0 aliphatic carbocycles. The van der Waals surface area contributed by atoms with Crippen LogP contribution in [0.2, 0.25) is 0 Å². The average Bonchev–Trinajstić information content (AvgIpc) is 2.74. The summed E-state index contributed by atoms with van der Waals surface area (Å²) in [6.45, 7) is 4.56. The summed E-state index contributed by atoms with van der Waals surface area (Å²) in [7, 11) is 0. The molecular formula is C13H17NO3. The summed E-state index contributed by atoms with van der Waals surface area (Å²) in [5.74, 6) is 1.43. The molecule has 1 aromatic rings. The van der Waals surface area contributed by atoms with Gasteiger partial charge in [-0.15, -0.1) is 0 Å². The SMILES string of the molecule is Cc1cc2c(cc1C(=O)C(C)CCN)OCO2. The van der Waals surface area contributed by atoms with Crippen molar-refractivity contribution in [2.45, 2.75) is 20.3 Å². The number of ether oxygens (including phenoxy) is 2. The number of rotatable bonds is 4. The van der Waals surface area contributed by atoms with E-state index in [0.29, 0.717) is 30.0 Å². The minimum Gasteiger partial charge on any atom is -0.454 e. The Hall–Kier alpha value is -1.55. The number of Topliss-reactive ketones (excluding diaryl/α,β-unsaturated/α-hetero) is 1. The third-order valence-corrected chi connectivity index (χ3v) is 3.03. The van der Waals surface area contributed by atoms with Crippen LogP contribution in [-0.4, -0.2) is 19.1 Å². The second-order valence-corrected chi connectivity index (χ2v) is 4.36. The minimum atomic E-state index is -0.0564. The molecule has 2 rings (SSSR count). The smallest absolute Gasteiger partial charge is 0.231 e. The molecule has 1 aromatic carbocycles. The Morgan fingerprint density at radius 2 is 2.06 bits per heavy atom. The Labute approximate surface area is 101 Å². The van der Waals surface area contributed by atoms with Crippen LogP contribution in [0, 0.1) is 12.8 Å². The number of carbonyl (C=O) groups is 1. The molecule has 0 radical (unpaired) electrons. The first-order chi connectivity index (χ1) is 8.13. The van der Waals surface area contributed by atoms with Crippen LogP contribution < -0.4 is 15.2 Å². The number of nitrogens with two attached hydrogens (primary N) is 1. The normalized spacial score (nSPS) is 14.8. The standard InChI is InChI=1S/C13H17NO3/c1-8(3-4-14)13(15)10-6-12-11(5-9(10)2)16-7-17-12/h5-6,8H,3-4,7,14H2,1-2H3. The third kappa shape index (κ3) is 2.26. The van der Waals surface area contributed by atoms with Gasteiger partial charge in [-0.3, -0.25) is 4.79 Å². The molecule has 4 heteroatoms. The summed E-state index contributed by atoms with van der Waals surface area (Å²) in [6.07, 6.45) is 0.701. The van der Waals surface area contributed by atoms with E-state index >= 15 is 0 Å². The van der Waals surface area contributed by atoms with Crippen LogP contribution in [0.4, 0.5) is 0 Å². The zero-order chi connectivity index (χ0) is 12.4. The van der Waals surface area contributed by atoms with Crippen LogP contribution in [-0.2, 0) is 0 Å². The van der Waals surface area contributed by atoms with E-state index in [0.717, 1.165) is 5.56 Å². The highest BCUT2D eigenvalue weighted by Gasteiger charge is 2.21. The van der Waals surface area contributed by atoms with Crippen molar-refractivity contribution < 1.29 is 14.3 Å². The molecule has 0 spiro atoms. The fraction of sp³-hybridized carbons (Fsp3) is 0.462. The second-order valence-electron chi connectivity index (χ2n) is 4.36. The topological polar surface area (TPSA) is 61.6 Å². The van der Waals surface area contributed by atoms with Gasteiger partial charge in [0.2, 0.25) is 6.79 Å². The van der Waals surface area contributed by atoms with E-state index in [4.69, 9.17) is 15.2 Å². The number of ketones is 1. The Morgan fingerprint density at radius 3 is 2.71 bits per heavy atom. The van der Waals surface area contributed by atoms with Gasteiger partial charge in [0, 0.05) is 11.5 Å². The van der Waals surface area contributed by atoms with E-state index in [2.05, 4.69) is 0 Å². The molecule has 0 amide bonds. The van der Waals surface area contributed by atoms with Gasteiger partial charge in [-0.25, -0.2) is 0 Å².